The van der Waals surface area contributed by atoms with Gasteiger partial charge in [-0.05, 0) is 11.5 Å². The Kier molecular flexibility index (Phi) is 5.61. The van der Waals surface area contributed by atoms with E-state index in [9.17, 15) is 4.79 Å². The summed E-state index contributed by atoms with van der Waals surface area (Å²) in [5.41, 5.74) is 4.34. The molecule has 0 atom stereocenters. The third kappa shape index (κ3) is 4.77. The molecular formula is C21H22N2OS. The smallest absolute Gasteiger partial charge is 0.220 e. The van der Waals surface area contributed by atoms with Gasteiger partial charge in [-0.25, -0.2) is 4.98 Å². The van der Waals surface area contributed by atoms with Crippen molar-refractivity contribution in [1.82, 2.24) is 10.3 Å². The van der Waals surface area contributed by atoms with Gasteiger partial charge in [0.1, 0.15) is 5.01 Å². The zero-order valence-corrected chi connectivity index (χ0v) is 15.3. The van der Waals surface area contributed by atoms with E-state index < -0.39 is 0 Å². The van der Waals surface area contributed by atoms with Gasteiger partial charge in [-0.1, -0.05) is 68.4 Å². The normalized spacial score (nSPS) is 10.8. The molecule has 0 unspecified atom stereocenters. The average molecular weight is 350 g/mol. The predicted octanol–water partition coefficient (Wildman–Crippen LogP) is 5.14. The second-order valence-corrected chi connectivity index (χ2v) is 7.33. The third-order valence-electron chi connectivity index (χ3n) is 3.86. The topological polar surface area (TPSA) is 42.0 Å². The summed E-state index contributed by atoms with van der Waals surface area (Å²) in [5.74, 6) is 0.484. The van der Waals surface area contributed by atoms with Gasteiger partial charge in [0.2, 0.25) is 5.91 Å². The molecule has 1 N–H and O–H groups in total. The van der Waals surface area contributed by atoms with Crippen molar-refractivity contribution in [1.29, 1.82) is 0 Å². The van der Waals surface area contributed by atoms with E-state index >= 15 is 0 Å². The summed E-state index contributed by atoms with van der Waals surface area (Å²) in [5, 5.41) is 6.06. The van der Waals surface area contributed by atoms with E-state index in [2.05, 4.69) is 47.1 Å². The minimum Gasteiger partial charge on any atom is -0.352 e. The molecule has 128 valence electrons. The number of rotatable bonds is 6. The van der Waals surface area contributed by atoms with Crippen LogP contribution in [0.15, 0.2) is 60.0 Å². The maximum absolute atomic E-state index is 11.7. The first-order valence-corrected chi connectivity index (χ1v) is 9.37. The fourth-order valence-electron chi connectivity index (χ4n) is 2.56. The van der Waals surface area contributed by atoms with Crippen LogP contribution in [0.2, 0.25) is 0 Å². The molecule has 0 saturated carbocycles. The number of aromatic nitrogens is 1. The Hall–Kier alpha value is -2.46. The Morgan fingerprint density at radius 2 is 1.76 bits per heavy atom. The van der Waals surface area contributed by atoms with Gasteiger partial charge in [0.15, 0.2) is 0 Å². The first kappa shape index (κ1) is 17.4. The van der Waals surface area contributed by atoms with E-state index in [1.165, 1.54) is 0 Å². The van der Waals surface area contributed by atoms with Crippen LogP contribution in [0.1, 0.15) is 25.8 Å². The molecule has 0 bridgehead atoms. The molecule has 0 aliphatic heterocycles. The molecule has 0 saturated heterocycles. The summed E-state index contributed by atoms with van der Waals surface area (Å²) >= 11 is 1.65. The lowest BCUT2D eigenvalue weighted by Crippen LogP contribution is -2.23. The summed E-state index contributed by atoms with van der Waals surface area (Å²) in [6, 6.07) is 18.4. The molecule has 0 aliphatic carbocycles. The molecule has 2 aromatic carbocycles. The molecule has 1 heterocycles. The number of nitrogens with one attached hydrogen (secondary N) is 1. The molecule has 3 aromatic rings. The fourth-order valence-corrected chi connectivity index (χ4v) is 3.39. The highest BCUT2D eigenvalue weighted by Gasteiger charge is 2.07. The summed E-state index contributed by atoms with van der Waals surface area (Å²) in [7, 11) is 0. The summed E-state index contributed by atoms with van der Waals surface area (Å²) in [4.78, 5) is 16.5. The number of benzene rings is 2. The first-order chi connectivity index (χ1) is 12.1. The van der Waals surface area contributed by atoms with Crippen molar-refractivity contribution in [2.24, 2.45) is 5.92 Å². The van der Waals surface area contributed by atoms with E-state index in [0.717, 1.165) is 27.4 Å². The van der Waals surface area contributed by atoms with Crippen LogP contribution in [0, 0.1) is 5.92 Å². The van der Waals surface area contributed by atoms with Gasteiger partial charge in [0.05, 0.1) is 5.69 Å². The van der Waals surface area contributed by atoms with Gasteiger partial charge in [0.25, 0.3) is 0 Å². The van der Waals surface area contributed by atoms with Crippen molar-refractivity contribution in [3.05, 3.63) is 65.5 Å². The molecule has 3 rings (SSSR count). The van der Waals surface area contributed by atoms with E-state index in [4.69, 9.17) is 4.98 Å². The van der Waals surface area contributed by atoms with E-state index in [1.54, 1.807) is 11.3 Å². The summed E-state index contributed by atoms with van der Waals surface area (Å²) in [6.07, 6.45) is 0.569. The van der Waals surface area contributed by atoms with Gasteiger partial charge in [-0.2, -0.15) is 0 Å². The summed E-state index contributed by atoms with van der Waals surface area (Å²) in [6.45, 7) is 4.66. The van der Waals surface area contributed by atoms with Gasteiger partial charge in [-0.3, -0.25) is 4.79 Å². The number of thiazole rings is 1. The van der Waals surface area contributed by atoms with Crippen LogP contribution in [-0.2, 0) is 11.3 Å². The zero-order chi connectivity index (χ0) is 17.6. The van der Waals surface area contributed by atoms with E-state index in [1.807, 2.05) is 32.0 Å². The Balaban J connectivity index is 1.65. The molecular weight excluding hydrogens is 328 g/mol. The molecule has 0 aliphatic rings. The SMILES string of the molecule is CC(C)CC(=O)NCc1ccc(-c2nc(-c3ccccc3)cs2)cc1. The third-order valence-corrected chi connectivity index (χ3v) is 4.75. The predicted molar refractivity (Wildman–Crippen MR) is 104 cm³/mol. The van der Waals surface area contributed by atoms with Crippen LogP contribution in [0.5, 0.6) is 0 Å². The van der Waals surface area contributed by atoms with Crippen LogP contribution in [0.25, 0.3) is 21.8 Å². The Morgan fingerprint density at radius 3 is 2.44 bits per heavy atom. The maximum atomic E-state index is 11.7. The molecule has 0 fully saturated rings. The molecule has 25 heavy (non-hydrogen) atoms. The second-order valence-electron chi connectivity index (χ2n) is 6.48. The number of hydrogen-bond donors (Lipinski definition) is 1. The highest BCUT2D eigenvalue weighted by Crippen LogP contribution is 2.28. The Labute approximate surface area is 152 Å². The Bertz CT molecular complexity index is 823. The van der Waals surface area contributed by atoms with Crippen LogP contribution < -0.4 is 5.32 Å². The average Bonchev–Trinajstić information content (AvgIpc) is 3.11. The lowest BCUT2D eigenvalue weighted by Gasteiger charge is -2.07. The van der Waals surface area contributed by atoms with Crippen LogP contribution in [0.3, 0.4) is 0 Å². The molecule has 0 radical (unpaired) electrons. The monoisotopic (exact) mass is 350 g/mol. The maximum Gasteiger partial charge on any atom is 0.220 e. The highest BCUT2D eigenvalue weighted by molar-refractivity contribution is 7.13. The fraction of sp³-hybridized carbons (Fsp3) is 0.238. The van der Waals surface area contributed by atoms with E-state index in [0.29, 0.717) is 18.9 Å². The van der Waals surface area contributed by atoms with Gasteiger partial charge in [-0.15, -0.1) is 11.3 Å². The van der Waals surface area contributed by atoms with Gasteiger partial charge >= 0.3 is 0 Å². The van der Waals surface area contributed by atoms with Crippen molar-refractivity contribution < 1.29 is 4.79 Å². The minimum absolute atomic E-state index is 0.103. The number of nitrogens with zero attached hydrogens (tertiary/aromatic N) is 1. The Morgan fingerprint density at radius 1 is 1.04 bits per heavy atom. The first-order valence-electron chi connectivity index (χ1n) is 8.49. The molecule has 4 heteroatoms. The van der Waals surface area contributed by atoms with Gasteiger partial charge < -0.3 is 5.32 Å². The lowest BCUT2D eigenvalue weighted by molar-refractivity contribution is -0.121. The van der Waals surface area contributed by atoms with Crippen LogP contribution in [0.4, 0.5) is 0 Å². The number of amides is 1. The molecule has 1 amide bonds. The summed E-state index contributed by atoms with van der Waals surface area (Å²) < 4.78 is 0. The van der Waals surface area contributed by atoms with Crippen LogP contribution >= 0.6 is 11.3 Å². The number of hydrogen-bond acceptors (Lipinski definition) is 3. The number of carbonyl (C=O) groups is 1. The second kappa shape index (κ2) is 8.08. The van der Waals surface area contributed by atoms with Crippen LogP contribution in [-0.4, -0.2) is 10.9 Å². The zero-order valence-electron chi connectivity index (χ0n) is 14.5. The van der Waals surface area contributed by atoms with Crippen molar-refractivity contribution in [3.63, 3.8) is 0 Å². The molecule has 3 nitrogen and oxygen atoms in total. The van der Waals surface area contributed by atoms with Gasteiger partial charge in [0, 0.05) is 29.5 Å². The van der Waals surface area contributed by atoms with Crippen molar-refractivity contribution in [2.75, 3.05) is 0 Å². The van der Waals surface area contributed by atoms with Crippen molar-refractivity contribution >= 4 is 17.2 Å². The van der Waals surface area contributed by atoms with Crippen molar-refractivity contribution in [3.8, 4) is 21.8 Å². The van der Waals surface area contributed by atoms with E-state index in [-0.39, 0.29) is 5.91 Å². The quantitative estimate of drug-likeness (QED) is 0.669. The highest BCUT2D eigenvalue weighted by atomic mass is 32.1. The van der Waals surface area contributed by atoms with Crippen molar-refractivity contribution in [2.45, 2.75) is 26.8 Å². The number of carbonyl (C=O) groups excluding carboxylic acids is 1. The largest absolute Gasteiger partial charge is 0.352 e. The minimum atomic E-state index is 0.103. The molecule has 1 aromatic heterocycles. The molecule has 0 spiro atoms. The standard InChI is InChI=1S/C21H22N2OS/c1-15(2)12-20(24)22-13-16-8-10-18(11-9-16)21-23-19(14-25-21)17-6-4-3-5-7-17/h3-11,14-15H,12-13H2,1-2H3,(H,22,24). The lowest BCUT2D eigenvalue weighted by atomic mass is 10.1.